The van der Waals surface area contributed by atoms with Gasteiger partial charge in [-0.1, -0.05) is 53.5 Å². The van der Waals surface area contributed by atoms with Crippen molar-refractivity contribution >= 4 is 23.2 Å². The van der Waals surface area contributed by atoms with Crippen LogP contribution in [0.2, 0.25) is 10.0 Å². The van der Waals surface area contributed by atoms with Gasteiger partial charge in [-0.05, 0) is 5.56 Å². The van der Waals surface area contributed by atoms with Gasteiger partial charge >= 0.3 is 0 Å². The van der Waals surface area contributed by atoms with Gasteiger partial charge < -0.3 is 9.52 Å². The number of rotatable bonds is 3. The molecule has 2 aromatic rings. The molecule has 0 aliphatic heterocycles. The fourth-order valence-electron chi connectivity index (χ4n) is 1.48. The minimum atomic E-state index is -0.243. The molecule has 0 radical (unpaired) electrons. The molecule has 2 nitrogen and oxygen atoms in total. The summed E-state index contributed by atoms with van der Waals surface area (Å²) in [5.74, 6) is 0.902. The van der Waals surface area contributed by atoms with E-state index in [4.69, 9.17) is 32.7 Å². The molecule has 0 fully saturated rings. The molecular formula is C12H10Cl2O2. The van der Waals surface area contributed by atoms with E-state index in [1.165, 1.54) is 0 Å². The van der Waals surface area contributed by atoms with Crippen LogP contribution in [0.25, 0.3) is 0 Å². The molecule has 1 aromatic carbocycles. The summed E-state index contributed by atoms with van der Waals surface area (Å²) in [7, 11) is 0. The van der Waals surface area contributed by atoms with E-state index < -0.39 is 0 Å². The Labute approximate surface area is 103 Å². The summed E-state index contributed by atoms with van der Waals surface area (Å²) in [5, 5.41) is 9.67. The predicted octanol–water partition coefficient (Wildman–Crippen LogP) is 3.67. The van der Waals surface area contributed by atoms with Gasteiger partial charge in [0.05, 0.1) is 0 Å². The number of aliphatic hydroxyl groups excluding tert-OH is 1. The van der Waals surface area contributed by atoms with E-state index in [9.17, 15) is 0 Å². The van der Waals surface area contributed by atoms with Crippen LogP contribution >= 0.6 is 23.2 Å². The molecule has 2 rings (SSSR count). The average Bonchev–Trinajstić information content (AvgIpc) is 2.58. The van der Waals surface area contributed by atoms with Gasteiger partial charge in [0.2, 0.25) is 0 Å². The summed E-state index contributed by atoms with van der Waals surface area (Å²) < 4.78 is 5.38. The highest BCUT2D eigenvalue weighted by molar-refractivity contribution is 6.42. The standard InChI is InChI=1S/C12H10Cl2O2/c13-11-9(16-10(7-15)12(11)14)6-8-4-2-1-3-5-8/h1-5,15H,6-7H2. The summed E-state index contributed by atoms with van der Waals surface area (Å²) >= 11 is 11.9. The van der Waals surface area contributed by atoms with Gasteiger partial charge in [-0.25, -0.2) is 0 Å². The zero-order valence-corrected chi connectivity index (χ0v) is 9.92. The molecule has 1 heterocycles. The lowest BCUT2D eigenvalue weighted by Crippen LogP contribution is -1.85. The fraction of sp³-hybridized carbons (Fsp3) is 0.167. The molecule has 0 spiro atoms. The van der Waals surface area contributed by atoms with Crippen LogP contribution in [0, 0.1) is 0 Å². The van der Waals surface area contributed by atoms with E-state index in [0.717, 1.165) is 5.56 Å². The molecule has 0 saturated heterocycles. The van der Waals surface area contributed by atoms with Crippen molar-refractivity contribution in [2.45, 2.75) is 13.0 Å². The Morgan fingerprint density at radius 3 is 2.19 bits per heavy atom. The van der Waals surface area contributed by atoms with Gasteiger partial charge in [-0.2, -0.15) is 0 Å². The van der Waals surface area contributed by atoms with Crippen molar-refractivity contribution in [3.63, 3.8) is 0 Å². The largest absolute Gasteiger partial charge is 0.460 e. The van der Waals surface area contributed by atoms with Crippen LogP contribution in [-0.2, 0) is 13.0 Å². The predicted molar refractivity (Wildman–Crippen MR) is 63.9 cm³/mol. The van der Waals surface area contributed by atoms with Crippen molar-refractivity contribution in [1.82, 2.24) is 0 Å². The normalized spacial score (nSPS) is 10.7. The maximum atomic E-state index is 8.99. The number of hydrogen-bond donors (Lipinski definition) is 1. The van der Waals surface area contributed by atoms with Crippen molar-refractivity contribution < 1.29 is 9.52 Å². The third kappa shape index (κ3) is 2.24. The fourth-order valence-corrected chi connectivity index (χ4v) is 1.89. The second-order valence-electron chi connectivity index (χ2n) is 3.40. The second-order valence-corrected chi connectivity index (χ2v) is 4.15. The van der Waals surface area contributed by atoms with Gasteiger partial charge in [-0.3, -0.25) is 0 Å². The van der Waals surface area contributed by atoms with Crippen LogP contribution in [0.4, 0.5) is 0 Å². The molecular weight excluding hydrogens is 247 g/mol. The van der Waals surface area contributed by atoms with Crippen LogP contribution in [0.3, 0.4) is 0 Å². The number of aliphatic hydroxyl groups is 1. The van der Waals surface area contributed by atoms with Gasteiger partial charge in [0.1, 0.15) is 28.2 Å². The first-order valence-corrected chi connectivity index (χ1v) is 5.58. The third-order valence-corrected chi connectivity index (χ3v) is 3.18. The Bertz CT molecular complexity index is 477. The van der Waals surface area contributed by atoms with Crippen molar-refractivity contribution in [3.05, 3.63) is 57.5 Å². The molecule has 0 atom stereocenters. The summed E-state index contributed by atoms with van der Waals surface area (Å²) in [6.45, 7) is -0.243. The van der Waals surface area contributed by atoms with Crippen LogP contribution in [-0.4, -0.2) is 5.11 Å². The Hall–Kier alpha value is -0.960. The van der Waals surface area contributed by atoms with E-state index in [1.807, 2.05) is 30.3 Å². The number of halogens is 2. The highest BCUT2D eigenvalue weighted by Crippen LogP contribution is 2.33. The van der Waals surface area contributed by atoms with E-state index in [1.54, 1.807) is 0 Å². The molecule has 1 aromatic heterocycles. The summed E-state index contributed by atoms with van der Waals surface area (Å²) in [5.41, 5.74) is 1.08. The smallest absolute Gasteiger partial charge is 0.149 e. The Morgan fingerprint density at radius 2 is 1.62 bits per heavy atom. The Morgan fingerprint density at radius 1 is 1.00 bits per heavy atom. The number of hydrogen-bond acceptors (Lipinski definition) is 2. The number of furan rings is 1. The number of benzene rings is 1. The van der Waals surface area contributed by atoms with Crippen molar-refractivity contribution in [2.24, 2.45) is 0 Å². The maximum Gasteiger partial charge on any atom is 0.149 e. The molecule has 0 saturated carbocycles. The Balaban J connectivity index is 2.29. The maximum absolute atomic E-state index is 8.99. The van der Waals surface area contributed by atoms with Crippen molar-refractivity contribution in [3.8, 4) is 0 Å². The molecule has 0 bridgehead atoms. The first kappa shape index (κ1) is 11.5. The Kier molecular flexibility index (Phi) is 3.54. The summed E-state index contributed by atoms with van der Waals surface area (Å²) in [6.07, 6.45) is 0.569. The second kappa shape index (κ2) is 4.91. The van der Waals surface area contributed by atoms with Gasteiger partial charge in [0.15, 0.2) is 0 Å². The zero-order chi connectivity index (χ0) is 11.5. The van der Waals surface area contributed by atoms with E-state index in [-0.39, 0.29) is 6.61 Å². The van der Waals surface area contributed by atoms with E-state index >= 15 is 0 Å². The molecule has 4 heteroatoms. The quantitative estimate of drug-likeness (QED) is 0.910. The van der Waals surface area contributed by atoms with E-state index in [2.05, 4.69) is 0 Å². The van der Waals surface area contributed by atoms with Crippen LogP contribution in [0.5, 0.6) is 0 Å². The first-order valence-electron chi connectivity index (χ1n) is 4.82. The molecule has 16 heavy (non-hydrogen) atoms. The zero-order valence-electron chi connectivity index (χ0n) is 8.41. The SMILES string of the molecule is OCc1oc(Cc2ccccc2)c(Cl)c1Cl. The first-order chi connectivity index (χ1) is 7.72. The minimum Gasteiger partial charge on any atom is -0.460 e. The lowest BCUT2D eigenvalue weighted by atomic mass is 10.1. The monoisotopic (exact) mass is 256 g/mol. The highest BCUT2D eigenvalue weighted by Gasteiger charge is 2.16. The highest BCUT2D eigenvalue weighted by atomic mass is 35.5. The average molecular weight is 257 g/mol. The van der Waals surface area contributed by atoms with Crippen LogP contribution in [0.15, 0.2) is 34.7 Å². The van der Waals surface area contributed by atoms with Crippen molar-refractivity contribution in [1.29, 1.82) is 0 Å². The van der Waals surface area contributed by atoms with Crippen molar-refractivity contribution in [2.75, 3.05) is 0 Å². The summed E-state index contributed by atoms with van der Waals surface area (Å²) in [6, 6.07) is 9.79. The molecule has 0 unspecified atom stereocenters. The molecule has 84 valence electrons. The van der Waals surface area contributed by atoms with Crippen LogP contribution < -0.4 is 0 Å². The molecule has 1 N–H and O–H groups in total. The summed E-state index contributed by atoms with van der Waals surface area (Å²) in [4.78, 5) is 0. The molecule has 0 aliphatic carbocycles. The minimum absolute atomic E-state index is 0.243. The van der Waals surface area contributed by atoms with Gasteiger partial charge in [-0.15, -0.1) is 0 Å². The van der Waals surface area contributed by atoms with Crippen LogP contribution in [0.1, 0.15) is 17.1 Å². The lowest BCUT2D eigenvalue weighted by molar-refractivity contribution is 0.244. The molecule has 0 amide bonds. The van der Waals surface area contributed by atoms with Gasteiger partial charge in [0, 0.05) is 6.42 Å². The molecule has 0 aliphatic rings. The topological polar surface area (TPSA) is 33.4 Å². The van der Waals surface area contributed by atoms with Gasteiger partial charge in [0.25, 0.3) is 0 Å². The third-order valence-electron chi connectivity index (χ3n) is 2.28. The van der Waals surface area contributed by atoms with E-state index in [0.29, 0.717) is 28.0 Å². The lowest BCUT2D eigenvalue weighted by Gasteiger charge is -1.98.